The van der Waals surface area contributed by atoms with Crippen LogP contribution in [-0.2, 0) is 0 Å². The molecule has 0 bridgehead atoms. The highest BCUT2D eigenvalue weighted by atomic mass is 16.3. The molecular formula is C17H21N3O3. The van der Waals surface area contributed by atoms with E-state index < -0.39 is 5.54 Å². The van der Waals surface area contributed by atoms with Gasteiger partial charge < -0.3 is 20.2 Å². The number of aryl methyl sites for hydroxylation is 1. The van der Waals surface area contributed by atoms with E-state index in [0.717, 1.165) is 36.9 Å². The molecule has 6 nitrogen and oxygen atoms in total. The van der Waals surface area contributed by atoms with E-state index in [1.165, 1.54) is 0 Å². The normalized spacial score (nSPS) is 16.3. The molecule has 0 unspecified atom stereocenters. The van der Waals surface area contributed by atoms with E-state index in [1.807, 2.05) is 25.1 Å². The Balaban J connectivity index is 1.69. The quantitative estimate of drug-likeness (QED) is 0.809. The van der Waals surface area contributed by atoms with Crippen LogP contribution >= 0.6 is 0 Å². The summed E-state index contributed by atoms with van der Waals surface area (Å²) in [6, 6.07) is 7.02. The van der Waals surface area contributed by atoms with Gasteiger partial charge in [0.15, 0.2) is 0 Å². The maximum absolute atomic E-state index is 12.2. The monoisotopic (exact) mass is 315 g/mol. The predicted octanol–water partition coefficient (Wildman–Crippen LogP) is 3.08. The SMILES string of the molecule is Cc1coc(-c2cccc(NC(=O)NC3(CO)CCCC3)c2)n1. The van der Waals surface area contributed by atoms with Gasteiger partial charge in [-0.2, -0.15) is 0 Å². The van der Waals surface area contributed by atoms with Crippen LogP contribution in [0.4, 0.5) is 10.5 Å². The first-order valence-corrected chi connectivity index (χ1v) is 7.83. The average Bonchev–Trinajstić information content (AvgIpc) is 3.17. The zero-order valence-corrected chi connectivity index (χ0v) is 13.1. The van der Waals surface area contributed by atoms with E-state index in [-0.39, 0.29) is 12.6 Å². The van der Waals surface area contributed by atoms with Crippen LogP contribution < -0.4 is 10.6 Å². The molecule has 1 aliphatic carbocycles. The summed E-state index contributed by atoms with van der Waals surface area (Å²) >= 11 is 0. The third-order valence-electron chi connectivity index (χ3n) is 4.23. The molecule has 6 heteroatoms. The highest BCUT2D eigenvalue weighted by Gasteiger charge is 2.34. The maximum Gasteiger partial charge on any atom is 0.319 e. The zero-order valence-electron chi connectivity index (χ0n) is 13.1. The number of rotatable bonds is 4. The van der Waals surface area contributed by atoms with E-state index in [1.54, 1.807) is 12.3 Å². The molecule has 0 aliphatic heterocycles. The number of urea groups is 1. The fraction of sp³-hybridized carbons (Fsp3) is 0.412. The number of hydrogen-bond donors (Lipinski definition) is 3. The lowest BCUT2D eigenvalue weighted by molar-refractivity contribution is 0.167. The summed E-state index contributed by atoms with van der Waals surface area (Å²) in [6.07, 6.45) is 5.27. The lowest BCUT2D eigenvalue weighted by Gasteiger charge is -2.28. The third kappa shape index (κ3) is 3.53. The Labute approximate surface area is 134 Å². The molecule has 1 saturated carbocycles. The van der Waals surface area contributed by atoms with E-state index in [9.17, 15) is 9.90 Å². The van der Waals surface area contributed by atoms with Crippen molar-refractivity contribution in [3.8, 4) is 11.5 Å². The van der Waals surface area contributed by atoms with Crippen LogP contribution in [0.2, 0.25) is 0 Å². The topological polar surface area (TPSA) is 87.4 Å². The summed E-state index contributed by atoms with van der Waals surface area (Å²) in [7, 11) is 0. The number of hydrogen-bond acceptors (Lipinski definition) is 4. The Kier molecular flexibility index (Phi) is 4.34. The van der Waals surface area contributed by atoms with E-state index in [2.05, 4.69) is 15.6 Å². The van der Waals surface area contributed by atoms with Crippen molar-refractivity contribution in [2.75, 3.05) is 11.9 Å². The molecule has 122 valence electrons. The number of benzene rings is 1. The highest BCUT2D eigenvalue weighted by molar-refractivity contribution is 5.90. The van der Waals surface area contributed by atoms with Gasteiger partial charge in [0.1, 0.15) is 6.26 Å². The largest absolute Gasteiger partial charge is 0.444 e. The van der Waals surface area contributed by atoms with Gasteiger partial charge in [-0.05, 0) is 38.0 Å². The number of aromatic nitrogens is 1. The zero-order chi connectivity index (χ0) is 16.3. The third-order valence-corrected chi connectivity index (χ3v) is 4.23. The number of nitrogens with one attached hydrogen (secondary N) is 2. The first-order valence-electron chi connectivity index (χ1n) is 7.83. The van der Waals surface area contributed by atoms with E-state index >= 15 is 0 Å². The minimum absolute atomic E-state index is 0.0317. The van der Waals surface area contributed by atoms with Crippen molar-refractivity contribution in [1.29, 1.82) is 0 Å². The van der Waals surface area contributed by atoms with Crippen LogP contribution in [0.1, 0.15) is 31.4 Å². The number of oxazole rings is 1. The molecule has 3 N–H and O–H groups in total. The van der Waals surface area contributed by atoms with Crippen LogP contribution in [-0.4, -0.2) is 28.3 Å². The first-order chi connectivity index (χ1) is 11.1. The molecule has 1 aliphatic rings. The lowest BCUT2D eigenvalue weighted by atomic mass is 9.99. The molecule has 0 spiro atoms. The molecule has 0 radical (unpaired) electrons. The molecule has 2 amide bonds. The Morgan fingerprint density at radius 1 is 1.39 bits per heavy atom. The number of anilines is 1. The van der Waals surface area contributed by atoms with Gasteiger partial charge in [-0.1, -0.05) is 18.9 Å². The van der Waals surface area contributed by atoms with Crippen LogP contribution in [0.5, 0.6) is 0 Å². The molecule has 1 aromatic carbocycles. The van der Waals surface area contributed by atoms with Crippen LogP contribution in [0.25, 0.3) is 11.5 Å². The second kappa shape index (κ2) is 6.42. The lowest BCUT2D eigenvalue weighted by Crippen LogP contribution is -2.50. The molecular weight excluding hydrogens is 294 g/mol. The second-order valence-corrected chi connectivity index (χ2v) is 6.10. The van der Waals surface area contributed by atoms with Crippen molar-refractivity contribution in [2.45, 2.75) is 38.1 Å². The van der Waals surface area contributed by atoms with Crippen LogP contribution in [0.3, 0.4) is 0 Å². The van der Waals surface area contributed by atoms with Gasteiger partial charge in [0.2, 0.25) is 5.89 Å². The van der Waals surface area contributed by atoms with Crippen molar-refractivity contribution < 1.29 is 14.3 Å². The van der Waals surface area contributed by atoms with Crippen LogP contribution in [0.15, 0.2) is 34.9 Å². The summed E-state index contributed by atoms with van der Waals surface area (Å²) in [5, 5.41) is 15.3. The molecule has 1 heterocycles. The standard InChI is InChI=1S/C17H21N3O3/c1-12-10-23-15(18-12)13-5-4-6-14(9-13)19-16(22)20-17(11-21)7-2-3-8-17/h4-6,9-10,21H,2-3,7-8,11H2,1H3,(H2,19,20,22). The Morgan fingerprint density at radius 3 is 2.83 bits per heavy atom. The summed E-state index contributed by atoms with van der Waals surface area (Å²) < 4.78 is 5.38. The fourth-order valence-corrected chi connectivity index (χ4v) is 2.99. The fourth-order valence-electron chi connectivity index (χ4n) is 2.99. The Bertz CT molecular complexity index is 690. The smallest absolute Gasteiger partial charge is 0.319 e. The summed E-state index contributed by atoms with van der Waals surface area (Å²) in [5.74, 6) is 0.522. The molecule has 3 rings (SSSR count). The number of carbonyl (C=O) groups excluding carboxylic acids is 1. The predicted molar refractivity (Wildman–Crippen MR) is 87.1 cm³/mol. The molecule has 0 atom stereocenters. The van der Waals surface area contributed by atoms with Gasteiger partial charge in [0.25, 0.3) is 0 Å². The summed E-state index contributed by atoms with van der Waals surface area (Å²) in [5.41, 5.74) is 1.78. The number of aliphatic hydroxyl groups is 1. The first kappa shape index (κ1) is 15.6. The molecule has 2 aromatic rings. The number of amides is 2. The van der Waals surface area contributed by atoms with Gasteiger partial charge in [-0.25, -0.2) is 9.78 Å². The molecule has 0 saturated heterocycles. The maximum atomic E-state index is 12.2. The molecule has 23 heavy (non-hydrogen) atoms. The number of aliphatic hydroxyl groups excluding tert-OH is 1. The minimum Gasteiger partial charge on any atom is -0.444 e. The van der Waals surface area contributed by atoms with Gasteiger partial charge in [0.05, 0.1) is 17.8 Å². The van der Waals surface area contributed by atoms with Gasteiger partial charge in [-0.3, -0.25) is 0 Å². The number of nitrogens with zero attached hydrogens (tertiary/aromatic N) is 1. The average molecular weight is 315 g/mol. The summed E-state index contributed by atoms with van der Waals surface area (Å²) in [6.45, 7) is 1.83. The minimum atomic E-state index is -0.485. The highest BCUT2D eigenvalue weighted by Crippen LogP contribution is 2.29. The van der Waals surface area contributed by atoms with E-state index in [4.69, 9.17) is 4.42 Å². The van der Waals surface area contributed by atoms with Crippen LogP contribution in [0, 0.1) is 6.92 Å². The van der Waals surface area contributed by atoms with Gasteiger partial charge >= 0.3 is 6.03 Å². The van der Waals surface area contributed by atoms with Gasteiger partial charge in [-0.15, -0.1) is 0 Å². The van der Waals surface area contributed by atoms with E-state index in [0.29, 0.717) is 11.6 Å². The number of carbonyl (C=O) groups is 1. The van der Waals surface area contributed by atoms with Gasteiger partial charge in [0, 0.05) is 11.3 Å². The van der Waals surface area contributed by atoms with Crippen molar-refractivity contribution in [3.05, 3.63) is 36.2 Å². The van der Waals surface area contributed by atoms with Crippen molar-refractivity contribution >= 4 is 11.7 Å². The Morgan fingerprint density at radius 2 is 2.17 bits per heavy atom. The van der Waals surface area contributed by atoms with Crippen molar-refractivity contribution in [1.82, 2.24) is 10.3 Å². The molecule has 1 aromatic heterocycles. The second-order valence-electron chi connectivity index (χ2n) is 6.10. The summed E-state index contributed by atoms with van der Waals surface area (Å²) in [4.78, 5) is 16.5. The Hall–Kier alpha value is -2.34. The molecule has 1 fully saturated rings. The van der Waals surface area contributed by atoms with Crippen molar-refractivity contribution in [3.63, 3.8) is 0 Å². The van der Waals surface area contributed by atoms with Crippen molar-refractivity contribution in [2.24, 2.45) is 0 Å².